The minimum atomic E-state index is -0.378. The average molecular weight is 298 g/mol. The summed E-state index contributed by atoms with van der Waals surface area (Å²) in [4.78, 5) is 1.74. The Balaban J connectivity index is 2.35. The molecule has 2 N–H and O–H groups in total. The summed E-state index contributed by atoms with van der Waals surface area (Å²) in [7, 11) is 0. The fraction of sp³-hybridized carbons (Fsp3) is 0. The lowest BCUT2D eigenvalue weighted by Crippen LogP contribution is -1.92. The average Bonchev–Trinajstić information content (AvgIpc) is 2.28. The van der Waals surface area contributed by atoms with Crippen LogP contribution in [0, 0.1) is 5.82 Å². The first-order valence-electron chi connectivity index (χ1n) is 4.65. The van der Waals surface area contributed by atoms with Gasteiger partial charge in [0.25, 0.3) is 0 Å². The SMILES string of the molecule is Nc1c(F)cccc1Sc1ccccc1Br. The first kappa shape index (κ1) is 11.5. The Bertz CT molecular complexity index is 516. The predicted molar refractivity (Wildman–Crippen MR) is 69.1 cm³/mol. The van der Waals surface area contributed by atoms with Crippen molar-refractivity contribution in [1.82, 2.24) is 0 Å². The van der Waals surface area contributed by atoms with Crippen molar-refractivity contribution in [1.29, 1.82) is 0 Å². The van der Waals surface area contributed by atoms with E-state index in [0.29, 0.717) is 0 Å². The van der Waals surface area contributed by atoms with E-state index in [4.69, 9.17) is 5.73 Å². The van der Waals surface area contributed by atoms with Gasteiger partial charge < -0.3 is 5.73 Å². The highest BCUT2D eigenvalue weighted by atomic mass is 79.9. The molecule has 0 spiro atoms. The molecule has 0 aliphatic carbocycles. The Morgan fingerprint density at radius 1 is 1.00 bits per heavy atom. The first-order valence-corrected chi connectivity index (χ1v) is 6.26. The highest BCUT2D eigenvalue weighted by molar-refractivity contribution is 9.10. The van der Waals surface area contributed by atoms with Crippen LogP contribution in [0.25, 0.3) is 0 Å². The molecule has 0 radical (unpaired) electrons. The smallest absolute Gasteiger partial charge is 0.147 e. The van der Waals surface area contributed by atoms with Crippen LogP contribution in [-0.4, -0.2) is 0 Å². The zero-order valence-electron chi connectivity index (χ0n) is 8.28. The van der Waals surface area contributed by atoms with Gasteiger partial charge in [-0.05, 0) is 40.2 Å². The quantitative estimate of drug-likeness (QED) is 0.836. The fourth-order valence-corrected chi connectivity index (χ4v) is 2.68. The Morgan fingerprint density at radius 3 is 2.44 bits per heavy atom. The summed E-state index contributed by atoms with van der Waals surface area (Å²) < 4.78 is 14.2. The van der Waals surface area contributed by atoms with Crippen LogP contribution >= 0.6 is 27.7 Å². The number of hydrogen-bond donors (Lipinski definition) is 1. The minimum absolute atomic E-state index is 0.197. The van der Waals surface area contributed by atoms with E-state index in [2.05, 4.69) is 15.9 Å². The number of anilines is 1. The van der Waals surface area contributed by atoms with E-state index < -0.39 is 0 Å². The summed E-state index contributed by atoms with van der Waals surface area (Å²) >= 11 is 4.88. The van der Waals surface area contributed by atoms with Crippen LogP contribution in [0.15, 0.2) is 56.7 Å². The molecule has 2 aromatic rings. The van der Waals surface area contributed by atoms with Gasteiger partial charge in [-0.25, -0.2) is 4.39 Å². The molecule has 0 saturated heterocycles. The molecule has 0 aromatic heterocycles. The maximum Gasteiger partial charge on any atom is 0.147 e. The molecule has 0 aliphatic rings. The number of nitrogen functional groups attached to an aromatic ring is 1. The third-order valence-corrected chi connectivity index (χ3v) is 4.18. The van der Waals surface area contributed by atoms with E-state index in [1.165, 1.54) is 17.8 Å². The Morgan fingerprint density at radius 2 is 1.69 bits per heavy atom. The molecule has 1 nitrogen and oxygen atoms in total. The second kappa shape index (κ2) is 4.89. The molecule has 0 heterocycles. The molecule has 0 aliphatic heterocycles. The van der Waals surface area contributed by atoms with Gasteiger partial charge in [-0.1, -0.05) is 30.0 Å². The number of rotatable bonds is 2. The van der Waals surface area contributed by atoms with Crippen molar-refractivity contribution in [3.05, 3.63) is 52.8 Å². The van der Waals surface area contributed by atoms with Gasteiger partial charge in [0.15, 0.2) is 0 Å². The van der Waals surface area contributed by atoms with Gasteiger partial charge in [0.2, 0.25) is 0 Å². The largest absolute Gasteiger partial charge is 0.395 e. The van der Waals surface area contributed by atoms with Crippen LogP contribution in [0.2, 0.25) is 0 Å². The minimum Gasteiger partial charge on any atom is -0.395 e. The monoisotopic (exact) mass is 297 g/mol. The molecule has 0 fully saturated rings. The Labute approximate surface area is 106 Å². The third-order valence-electron chi connectivity index (χ3n) is 2.07. The molecule has 2 aromatic carbocycles. The van der Waals surface area contributed by atoms with Crippen molar-refractivity contribution < 1.29 is 4.39 Å². The molecule has 16 heavy (non-hydrogen) atoms. The number of nitrogens with two attached hydrogens (primary N) is 1. The van der Waals surface area contributed by atoms with Crippen LogP contribution in [0.5, 0.6) is 0 Å². The topological polar surface area (TPSA) is 26.0 Å². The first-order chi connectivity index (χ1) is 7.68. The maximum absolute atomic E-state index is 13.2. The third kappa shape index (κ3) is 2.39. The van der Waals surface area contributed by atoms with Crippen LogP contribution < -0.4 is 5.73 Å². The van der Waals surface area contributed by atoms with E-state index in [1.807, 2.05) is 30.3 Å². The highest BCUT2D eigenvalue weighted by Gasteiger charge is 2.07. The van der Waals surface area contributed by atoms with Gasteiger partial charge in [-0.2, -0.15) is 0 Å². The van der Waals surface area contributed by atoms with Crippen molar-refractivity contribution in [3.8, 4) is 0 Å². The van der Waals surface area contributed by atoms with E-state index in [9.17, 15) is 4.39 Å². The Hall–Kier alpha value is -1.00. The summed E-state index contributed by atoms with van der Waals surface area (Å²) in [6.45, 7) is 0. The van der Waals surface area contributed by atoms with Gasteiger partial charge in [0, 0.05) is 14.3 Å². The molecule has 0 bridgehead atoms. The molecule has 4 heteroatoms. The van der Waals surface area contributed by atoms with Crippen LogP contribution in [0.1, 0.15) is 0 Å². The number of benzene rings is 2. The standard InChI is InChI=1S/C12H9BrFNS/c13-8-4-1-2-6-10(8)16-11-7-3-5-9(14)12(11)15/h1-7H,15H2. The van der Waals surface area contributed by atoms with Gasteiger partial charge in [0.1, 0.15) is 5.82 Å². The molecular formula is C12H9BrFNS. The summed E-state index contributed by atoms with van der Waals surface area (Å²) in [5.74, 6) is -0.378. The van der Waals surface area contributed by atoms with Crippen molar-refractivity contribution in [2.24, 2.45) is 0 Å². The maximum atomic E-state index is 13.2. The van der Waals surface area contributed by atoms with Gasteiger partial charge >= 0.3 is 0 Å². The second-order valence-electron chi connectivity index (χ2n) is 3.18. The molecule has 0 unspecified atom stereocenters. The summed E-state index contributed by atoms with van der Waals surface area (Å²) in [5.41, 5.74) is 5.87. The van der Waals surface area contributed by atoms with Crippen molar-refractivity contribution >= 4 is 33.4 Å². The van der Waals surface area contributed by atoms with Crippen molar-refractivity contribution in [2.45, 2.75) is 9.79 Å². The predicted octanol–water partition coefficient (Wildman–Crippen LogP) is 4.32. The van der Waals surface area contributed by atoms with Gasteiger partial charge in [0.05, 0.1) is 5.69 Å². The highest BCUT2D eigenvalue weighted by Crippen LogP contribution is 2.36. The van der Waals surface area contributed by atoms with Crippen molar-refractivity contribution in [3.63, 3.8) is 0 Å². The zero-order chi connectivity index (χ0) is 11.5. The molecular weight excluding hydrogens is 289 g/mol. The van der Waals surface area contributed by atoms with Crippen LogP contribution in [0.4, 0.5) is 10.1 Å². The summed E-state index contributed by atoms with van der Waals surface area (Å²) in [6, 6.07) is 12.6. The van der Waals surface area contributed by atoms with Crippen molar-refractivity contribution in [2.75, 3.05) is 5.73 Å². The number of hydrogen-bond acceptors (Lipinski definition) is 2. The second-order valence-corrected chi connectivity index (χ2v) is 5.12. The lowest BCUT2D eigenvalue weighted by molar-refractivity contribution is 0.629. The number of para-hydroxylation sites is 1. The van der Waals surface area contributed by atoms with E-state index in [1.54, 1.807) is 6.07 Å². The normalized spacial score (nSPS) is 10.4. The molecule has 2 rings (SSSR count). The summed E-state index contributed by atoms with van der Waals surface area (Å²) in [6.07, 6.45) is 0. The molecule has 0 saturated carbocycles. The summed E-state index contributed by atoms with van der Waals surface area (Å²) in [5, 5.41) is 0. The van der Waals surface area contributed by atoms with Gasteiger partial charge in [-0.3, -0.25) is 0 Å². The fourth-order valence-electron chi connectivity index (χ4n) is 1.25. The van der Waals surface area contributed by atoms with Gasteiger partial charge in [-0.15, -0.1) is 0 Å². The zero-order valence-corrected chi connectivity index (χ0v) is 10.7. The van der Waals surface area contributed by atoms with E-state index >= 15 is 0 Å². The molecule has 0 atom stereocenters. The molecule has 0 amide bonds. The van der Waals surface area contributed by atoms with E-state index in [-0.39, 0.29) is 11.5 Å². The molecule has 82 valence electrons. The van der Waals surface area contributed by atoms with Crippen LogP contribution in [-0.2, 0) is 0 Å². The number of halogens is 2. The lowest BCUT2D eigenvalue weighted by atomic mass is 10.3. The lowest BCUT2D eigenvalue weighted by Gasteiger charge is -2.07. The van der Waals surface area contributed by atoms with E-state index in [0.717, 1.165) is 14.3 Å². The Kier molecular flexibility index (Phi) is 3.51. The van der Waals surface area contributed by atoms with Crippen LogP contribution in [0.3, 0.4) is 0 Å².